The topological polar surface area (TPSA) is 91.0 Å². The van der Waals surface area contributed by atoms with Crippen LogP contribution in [0.25, 0.3) is 0 Å². The molecule has 3 aliphatic rings. The van der Waals surface area contributed by atoms with Gasteiger partial charge >= 0.3 is 0 Å². The molecule has 0 amide bonds. The van der Waals surface area contributed by atoms with Gasteiger partial charge in [-0.25, -0.2) is 8.42 Å². The average molecular weight is 557 g/mol. The fourth-order valence-electron chi connectivity index (χ4n) is 5.07. The molecule has 0 spiro atoms. The van der Waals surface area contributed by atoms with Gasteiger partial charge in [0.25, 0.3) is 0 Å². The lowest BCUT2D eigenvalue weighted by molar-refractivity contribution is 0.259. The standard InChI is InChI=1S/C21H27N5O3S.HI/c1-22-21(23-13-19-18-12-15-4-2-3-5-17(15)20(18)19)25-7-9-26(10-8-25)30(27,28)14-16-6-11-29-24-16;/h2-6,11,18-20H,7-10,12-14H2,1H3,(H,22,23);1H. The number of aromatic nitrogens is 1. The Morgan fingerprint density at radius 3 is 2.71 bits per heavy atom. The van der Waals surface area contributed by atoms with Gasteiger partial charge < -0.3 is 14.7 Å². The molecule has 2 aromatic rings. The number of aliphatic imine (C=N–C) groups is 1. The number of nitrogens with zero attached hydrogens (tertiary/aromatic N) is 4. The summed E-state index contributed by atoms with van der Waals surface area (Å²) in [4.78, 5) is 6.59. The number of fused-ring (bicyclic) bond motifs is 3. The van der Waals surface area contributed by atoms with Gasteiger partial charge in [-0.1, -0.05) is 29.4 Å². The summed E-state index contributed by atoms with van der Waals surface area (Å²) in [5, 5.41) is 7.25. The van der Waals surface area contributed by atoms with Crippen molar-refractivity contribution in [2.45, 2.75) is 18.1 Å². The largest absolute Gasteiger partial charge is 0.364 e. The van der Waals surface area contributed by atoms with Gasteiger partial charge in [-0.3, -0.25) is 4.99 Å². The van der Waals surface area contributed by atoms with Crippen LogP contribution in [0.2, 0.25) is 0 Å². The third-order valence-corrected chi connectivity index (χ3v) is 8.47. The highest BCUT2D eigenvalue weighted by Crippen LogP contribution is 2.60. The van der Waals surface area contributed by atoms with Gasteiger partial charge in [0.1, 0.15) is 12.0 Å². The van der Waals surface area contributed by atoms with E-state index < -0.39 is 10.0 Å². The van der Waals surface area contributed by atoms with Crippen LogP contribution in [0.4, 0.5) is 0 Å². The smallest absolute Gasteiger partial charge is 0.220 e. The van der Waals surface area contributed by atoms with Crippen molar-refractivity contribution < 1.29 is 12.9 Å². The molecule has 3 atom stereocenters. The van der Waals surface area contributed by atoms with E-state index in [1.165, 1.54) is 28.1 Å². The number of hydrogen-bond donors (Lipinski definition) is 1. The molecule has 2 fully saturated rings. The Kier molecular flexibility index (Phi) is 6.59. The molecule has 2 aliphatic carbocycles. The lowest BCUT2D eigenvalue weighted by Crippen LogP contribution is -2.54. The summed E-state index contributed by atoms with van der Waals surface area (Å²) < 4.78 is 31.5. The van der Waals surface area contributed by atoms with Crippen LogP contribution in [0.1, 0.15) is 22.7 Å². The Balaban J connectivity index is 0.00000231. The molecule has 1 saturated heterocycles. The number of piperazine rings is 1. The highest BCUT2D eigenvalue weighted by atomic mass is 127. The van der Waals surface area contributed by atoms with Crippen LogP contribution in [-0.2, 0) is 22.2 Å². The number of halogens is 1. The molecule has 31 heavy (non-hydrogen) atoms. The predicted molar refractivity (Wildman–Crippen MR) is 129 cm³/mol. The molecule has 0 bridgehead atoms. The van der Waals surface area contributed by atoms with Crippen molar-refractivity contribution in [1.82, 2.24) is 19.7 Å². The summed E-state index contributed by atoms with van der Waals surface area (Å²) >= 11 is 0. The molecule has 1 aliphatic heterocycles. The summed E-state index contributed by atoms with van der Waals surface area (Å²) in [5.74, 6) is 2.85. The second-order valence-electron chi connectivity index (χ2n) is 8.32. The zero-order valence-electron chi connectivity index (χ0n) is 17.5. The van der Waals surface area contributed by atoms with Crippen molar-refractivity contribution in [3.05, 3.63) is 53.4 Å². The minimum absolute atomic E-state index is 0. The fourth-order valence-corrected chi connectivity index (χ4v) is 6.50. The number of hydrogen-bond acceptors (Lipinski definition) is 5. The van der Waals surface area contributed by atoms with E-state index in [2.05, 4.69) is 44.6 Å². The zero-order chi connectivity index (χ0) is 20.7. The summed E-state index contributed by atoms with van der Waals surface area (Å²) in [6, 6.07) is 10.4. The van der Waals surface area contributed by atoms with Gasteiger partial charge in [-0.2, -0.15) is 4.31 Å². The van der Waals surface area contributed by atoms with Crippen molar-refractivity contribution in [3.63, 3.8) is 0 Å². The highest BCUT2D eigenvalue weighted by molar-refractivity contribution is 14.0. The average Bonchev–Trinajstić information content (AvgIpc) is 3.08. The minimum Gasteiger partial charge on any atom is -0.364 e. The normalized spacial score (nSPS) is 25.5. The number of rotatable bonds is 5. The van der Waals surface area contributed by atoms with Gasteiger partial charge in [0, 0.05) is 45.8 Å². The van der Waals surface area contributed by atoms with Crippen LogP contribution in [0, 0.1) is 11.8 Å². The number of sulfonamides is 1. The Morgan fingerprint density at radius 2 is 2.00 bits per heavy atom. The van der Waals surface area contributed by atoms with E-state index in [4.69, 9.17) is 4.52 Å². The fraction of sp³-hybridized carbons (Fsp3) is 0.524. The molecule has 1 aromatic carbocycles. The van der Waals surface area contributed by atoms with Gasteiger partial charge in [-0.05, 0) is 35.3 Å². The Bertz CT molecular complexity index is 1040. The molecule has 1 aromatic heterocycles. The van der Waals surface area contributed by atoms with Gasteiger partial charge in [0.05, 0.1) is 5.69 Å². The van der Waals surface area contributed by atoms with Crippen LogP contribution >= 0.6 is 24.0 Å². The number of nitrogens with one attached hydrogen (secondary N) is 1. The molecule has 168 valence electrons. The van der Waals surface area contributed by atoms with Gasteiger partial charge in [0.2, 0.25) is 10.0 Å². The molecular formula is C21H28IN5O3S. The van der Waals surface area contributed by atoms with Crippen molar-refractivity contribution in [2.24, 2.45) is 16.8 Å². The van der Waals surface area contributed by atoms with Crippen LogP contribution < -0.4 is 5.32 Å². The van der Waals surface area contributed by atoms with Crippen LogP contribution in [0.15, 0.2) is 46.1 Å². The first-order valence-electron chi connectivity index (χ1n) is 10.5. The molecule has 1 N–H and O–H groups in total. The molecule has 10 heteroatoms. The minimum atomic E-state index is -3.39. The lowest BCUT2D eigenvalue weighted by Gasteiger charge is -2.35. The van der Waals surface area contributed by atoms with Crippen molar-refractivity contribution in [3.8, 4) is 0 Å². The maximum atomic E-state index is 12.6. The molecule has 8 nitrogen and oxygen atoms in total. The number of guanidine groups is 1. The van der Waals surface area contributed by atoms with E-state index in [1.54, 1.807) is 13.1 Å². The second-order valence-corrected chi connectivity index (χ2v) is 10.3. The lowest BCUT2D eigenvalue weighted by atomic mass is 10.0. The monoisotopic (exact) mass is 557 g/mol. The van der Waals surface area contributed by atoms with Crippen molar-refractivity contribution in [1.29, 1.82) is 0 Å². The van der Waals surface area contributed by atoms with Crippen LogP contribution in [0.3, 0.4) is 0 Å². The molecule has 5 rings (SSSR count). The summed E-state index contributed by atoms with van der Waals surface area (Å²) in [6.07, 6.45) is 2.58. The molecule has 2 heterocycles. The molecule has 3 unspecified atom stereocenters. The molecular weight excluding hydrogens is 529 g/mol. The van der Waals surface area contributed by atoms with E-state index in [0.29, 0.717) is 43.7 Å². The summed E-state index contributed by atoms with van der Waals surface area (Å²) in [6.45, 7) is 3.06. The summed E-state index contributed by atoms with van der Waals surface area (Å²) in [5.41, 5.74) is 3.47. The number of benzene rings is 1. The Morgan fingerprint density at radius 1 is 1.23 bits per heavy atom. The predicted octanol–water partition coefficient (Wildman–Crippen LogP) is 1.90. The van der Waals surface area contributed by atoms with Gasteiger partial charge in [-0.15, -0.1) is 24.0 Å². The molecule has 0 radical (unpaired) electrons. The van der Waals surface area contributed by atoms with Gasteiger partial charge in [0.15, 0.2) is 5.96 Å². The van der Waals surface area contributed by atoms with E-state index in [9.17, 15) is 8.42 Å². The highest BCUT2D eigenvalue weighted by Gasteiger charge is 2.55. The second kappa shape index (κ2) is 9.07. The first kappa shape index (κ1) is 22.5. The van der Waals surface area contributed by atoms with E-state index in [0.717, 1.165) is 18.4 Å². The van der Waals surface area contributed by atoms with E-state index in [-0.39, 0.29) is 29.7 Å². The van der Waals surface area contributed by atoms with Crippen molar-refractivity contribution >= 4 is 40.0 Å². The third-order valence-electron chi connectivity index (χ3n) is 6.66. The molecule has 1 saturated carbocycles. The Labute approximate surface area is 200 Å². The quantitative estimate of drug-likeness (QED) is 0.343. The maximum Gasteiger partial charge on any atom is 0.220 e. The van der Waals surface area contributed by atoms with E-state index in [1.807, 2.05) is 0 Å². The zero-order valence-corrected chi connectivity index (χ0v) is 20.6. The third kappa shape index (κ3) is 4.47. The Hall–Kier alpha value is -1.66. The van der Waals surface area contributed by atoms with E-state index >= 15 is 0 Å². The maximum absolute atomic E-state index is 12.6. The first-order chi connectivity index (χ1) is 14.6. The SMILES string of the molecule is CN=C(NCC1C2Cc3ccccc3C12)N1CCN(S(=O)(=O)Cc2ccon2)CC1.I. The summed E-state index contributed by atoms with van der Waals surface area (Å²) in [7, 11) is -1.60. The first-order valence-corrected chi connectivity index (χ1v) is 12.1. The van der Waals surface area contributed by atoms with Crippen LogP contribution in [0.5, 0.6) is 0 Å². The van der Waals surface area contributed by atoms with Crippen LogP contribution in [-0.4, -0.2) is 68.5 Å². The van der Waals surface area contributed by atoms with Crippen molar-refractivity contribution in [2.75, 3.05) is 39.8 Å².